The predicted octanol–water partition coefficient (Wildman–Crippen LogP) is 2.16. The summed E-state index contributed by atoms with van der Waals surface area (Å²) in [5.74, 6) is 1.08. The monoisotopic (exact) mass is 373 g/mol. The number of nitrogens with one attached hydrogen (secondary N) is 1. The number of terminal acetylenes is 1. The normalized spacial score (nSPS) is 14.1. The number of allylic oxidation sites excluding steroid dienone is 2. The summed E-state index contributed by atoms with van der Waals surface area (Å²) in [7, 11) is -2.79. The van der Waals surface area contributed by atoms with Crippen molar-refractivity contribution in [3.63, 3.8) is 0 Å². The number of amides is 1. The zero-order valence-electron chi connectivity index (χ0n) is 14.5. The number of aliphatic carboxylic acids is 1. The molecule has 0 spiro atoms. The lowest BCUT2D eigenvalue weighted by molar-refractivity contribution is -0.137. The smallest absolute Gasteiger partial charge is 0.481 e. The lowest BCUT2D eigenvalue weighted by Crippen LogP contribution is -2.23. The number of carboxylic acid groups (broad SMARTS) is 1. The van der Waals surface area contributed by atoms with Gasteiger partial charge in [0, 0.05) is 23.5 Å². The molecule has 0 atom stereocenters. The number of rotatable bonds is 9. The molecule has 0 aliphatic carbocycles. The van der Waals surface area contributed by atoms with Crippen LogP contribution in [0.25, 0.3) is 6.08 Å². The standard InChI is InChI=1S/C18H18BF2N3O3/c1-2-11-22-17(25)9-5-13-3-4-14(23-13)12-16-7-6-15(8-10-18(26)27)24(16)19(20)21/h1,3-4,6-7,12H,5,8-11H2,(H,22,25)(H,26,27)/b14-12+. The van der Waals surface area contributed by atoms with E-state index in [1.807, 2.05) is 0 Å². The highest BCUT2D eigenvalue weighted by molar-refractivity contribution is 6.41. The Balaban J connectivity index is 2.07. The van der Waals surface area contributed by atoms with Crippen molar-refractivity contribution in [2.24, 2.45) is 4.99 Å². The summed E-state index contributed by atoms with van der Waals surface area (Å²) >= 11 is 0. The molecule has 6 nitrogen and oxygen atoms in total. The number of aliphatic imine (C=N–C) groups is 1. The van der Waals surface area contributed by atoms with Crippen LogP contribution in [0.15, 0.2) is 35.0 Å². The molecular formula is C18H18BF2N3O3. The third-order valence-corrected chi connectivity index (χ3v) is 3.84. The van der Waals surface area contributed by atoms with Crippen LogP contribution in [0.2, 0.25) is 0 Å². The number of aromatic nitrogens is 1. The third-order valence-electron chi connectivity index (χ3n) is 3.84. The summed E-state index contributed by atoms with van der Waals surface area (Å²) in [6.45, 7) is 0.168. The van der Waals surface area contributed by atoms with Gasteiger partial charge in [-0.3, -0.25) is 23.2 Å². The fourth-order valence-electron chi connectivity index (χ4n) is 2.58. The molecule has 0 aromatic carbocycles. The summed E-state index contributed by atoms with van der Waals surface area (Å²) in [5.41, 5.74) is 1.63. The molecule has 27 heavy (non-hydrogen) atoms. The molecule has 0 unspecified atom stereocenters. The minimum Gasteiger partial charge on any atom is -0.481 e. The Bertz CT molecular complexity index is 851. The van der Waals surface area contributed by atoms with Gasteiger partial charge in [0.1, 0.15) is 0 Å². The van der Waals surface area contributed by atoms with E-state index >= 15 is 0 Å². The van der Waals surface area contributed by atoms with Crippen LogP contribution in [0.4, 0.5) is 8.63 Å². The number of hydrogen-bond acceptors (Lipinski definition) is 3. The highest BCUT2D eigenvalue weighted by Crippen LogP contribution is 2.20. The first-order chi connectivity index (χ1) is 12.9. The van der Waals surface area contributed by atoms with E-state index in [9.17, 15) is 18.2 Å². The van der Waals surface area contributed by atoms with Crippen LogP contribution in [0.5, 0.6) is 0 Å². The molecule has 2 rings (SSSR count). The molecule has 1 aromatic heterocycles. The number of aryl methyl sites for hydroxylation is 1. The van der Waals surface area contributed by atoms with Crippen LogP contribution < -0.4 is 5.32 Å². The van der Waals surface area contributed by atoms with E-state index in [4.69, 9.17) is 11.5 Å². The van der Waals surface area contributed by atoms with Crippen LogP contribution in [0.3, 0.4) is 0 Å². The van der Waals surface area contributed by atoms with Crippen molar-refractivity contribution in [2.45, 2.75) is 25.7 Å². The Labute approximate surface area is 155 Å². The number of hydrogen-bond donors (Lipinski definition) is 2. The van der Waals surface area contributed by atoms with Crippen LogP contribution in [-0.4, -0.2) is 41.1 Å². The van der Waals surface area contributed by atoms with Gasteiger partial charge in [0.05, 0.1) is 18.7 Å². The van der Waals surface area contributed by atoms with E-state index in [2.05, 4.69) is 16.2 Å². The average Bonchev–Trinajstić information content (AvgIpc) is 3.23. The van der Waals surface area contributed by atoms with Crippen molar-refractivity contribution in [3.8, 4) is 12.3 Å². The minimum absolute atomic E-state index is 0.0139. The van der Waals surface area contributed by atoms with E-state index in [0.29, 0.717) is 17.8 Å². The van der Waals surface area contributed by atoms with Crippen LogP contribution in [0.1, 0.15) is 30.7 Å². The second-order valence-corrected chi connectivity index (χ2v) is 5.78. The first kappa shape index (κ1) is 20.2. The minimum atomic E-state index is -2.79. The van der Waals surface area contributed by atoms with Gasteiger partial charge in [-0.1, -0.05) is 5.92 Å². The zero-order valence-corrected chi connectivity index (χ0v) is 14.5. The largest absolute Gasteiger partial charge is 0.677 e. The number of carbonyl (C=O) groups is 2. The highest BCUT2D eigenvalue weighted by atomic mass is 19.2. The molecule has 1 aliphatic rings. The molecule has 9 heteroatoms. The molecule has 0 bridgehead atoms. The summed E-state index contributed by atoms with van der Waals surface area (Å²) in [5, 5.41) is 11.3. The van der Waals surface area contributed by atoms with Gasteiger partial charge in [-0.05, 0) is 43.2 Å². The summed E-state index contributed by atoms with van der Waals surface area (Å²) < 4.78 is 27.6. The maximum Gasteiger partial charge on any atom is 0.677 e. The van der Waals surface area contributed by atoms with Crippen LogP contribution in [0, 0.1) is 12.3 Å². The molecule has 140 valence electrons. The first-order valence-corrected chi connectivity index (χ1v) is 8.28. The Kier molecular flexibility index (Phi) is 7.12. The second kappa shape index (κ2) is 9.52. The van der Waals surface area contributed by atoms with Gasteiger partial charge in [0.2, 0.25) is 5.91 Å². The summed E-state index contributed by atoms with van der Waals surface area (Å²) in [6.07, 6.45) is 10.4. The molecule has 1 aromatic rings. The number of carboxylic acids is 1. The quantitative estimate of drug-likeness (QED) is 0.514. The molecule has 0 saturated heterocycles. The van der Waals surface area contributed by atoms with Crippen LogP contribution >= 0.6 is 0 Å². The second-order valence-electron chi connectivity index (χ2n) is 5.78. The van der Waals surface area contributed by atoms with Gasteiger partial charge < -0.3 is 14.9 Å². The summed E-state index contributed by atoms with van der Waals surface area (Å²) in [4.78, 5) is 26.5. The summed E-state index contributed by atoms with van der Waals surface area (Å²) in [6, 6.07) is 2.99. The van der Waals surface area contributed by atoms with Gasteiger partial charge in [0.15, 0.2) is 0 Å². The van der Waals surface area contributed by atoms with Crippen molar-refractivity contribution >= 4 is 31.1 Å². The molecule has 1 amide bonds. The zero-order chi connectivity index (χ0) is 19.8. The molecule has 2 heterocycles. The van der Waals surface area contributed by atoms with E-state index in [-0.39, 0.29) is 43.1 Å². The Morgan fingerprint density at radius 1 is 1.30 bits per heavy atom. The van der Waals surface area contributed by atoms with E-state index in [0.717, 1.165) is 4.48 Å². The predicted molar refractivity (Wildman–Crippen MR) is 99.4 cm³/mol. The lowest BCUT2D eigenvalue weighted by Gasteiger charge is -2.07. The van der Waals surface area contributed by atoms with Crippen molar-refractivity contribution in [1.82, 2.24) is 9.79 Å². The Morgan fingerprint density at radius 2 is 2.07 bits per heavy atom. The number of carbonyl (C=O) groups excluding carboxylic acids is 1. The van der Waals surface area contributed by atoms with Crippen molar-refractivity contribution in [1.29, 1.82) is 0 Å². The van der Waals surface area contributed by atoms with Gasteiger partial charge in [-0.25, -0.2) is 0 Å². The van der Waals surface area contributed by atoms with Crippen molar-refractivity contribution in [3.05, 3.63) is 41.4 Å². The lowest BCUT2D eigenvalue weighted by atomic mass is 10.1. The number of halogens is 2. The fourth-order valence-corrected chi connectivity index (χ4v) is 2.58. The maximum atomic E-state index is 13.4. The molecular weight excluding hydrogens is 355 g/mol. The average molecular weight is 373 g/mol. The van der Waals surface area contributed by atoms with E-state index in [1.165, 1.54) is 18.2 Å². The molecule has 0 saturated carbocycles. The molecule has 0 fully saturated rings. The Morgan fingerprint density at radius 3 is 2.74 bits per heavy atom. The van der Waals surface area contributed by atoms with Gasteiger partial charge in [-0.15, -0.1) is 6.42 Å². The van der Waals surface area contributed by atoms with Gasteiger partial charge in [-0.2, -0.15) is 0 Å². The highest BCUT2D eigenvalue weighted by Gasteiger charge is 2.23. The number of nitrogens with zero attached hydrogens (tertiary/aromatic N) is 2. The SMILES string of the molecule is C#CCNC(=O)CCC1=N/C(=C/c2ccc(CCC(=O)O)n2B(F)F)C=C1. The Hall–Kier alpha value is -3.15. The topological polar surface area (TPSA) is 83.7 Å². The van der Waals surface area contributed by atoms with Gasteiger partial charge >= 0.3 is 13.4 Å². The molecule has 2 N–H and O–H groups in total. The van der Waals surface area contributed by atoms with Crippen molar-refractivity contribution in [2.75, 3.05) is 6.54 Å². The van der Waals surface area contributed by atoms with Gasteiger partial charge in [0.25, 0.3) is 0 Å². The fraction of sp³-hybridized carbons (Fsp3) is 0.278. The van der Waals surface area contributed by atoms with Crippen LogP contribution in [-0.2, 0) is 16.0 Å². The maximum absolute atomic E-state index is 13.4. The first-order valence-electron chi connectivity index (χ1n) is 8.28. The molecule has 0 radical (unpaired) electrons. The third kappa shape index (κ3) is 5.96. The van der Waals surface area contributed by atoms with E-state index in [1.54, 1.807) is 12.2 Å². The van der Waals surface area contributed by atoms with E-state index < -0.39 is 13.4 Å². The van der Waals surface area contributed by atoms with Crippen molar-refractivity contribution < 1.29 is 23.3 Å². The molecule has 1 aliphatic heterocycles.